The van der Waals surface area contributed by atoms with Crippen molar-refractivity contribution in [2.45, 2.75) is 28.4 Å². The Kier molecular flexibility index (Phi) is 9.54. The second-order valence-electron chi connectivity index (χ2n) is 9.94. The Labute approximate surface area is 250 Å². The molecule has 3 aromatic carbocycles. The molecule has 218 valence electrons. The molecule has 8 nitrogen and oxygen atoms in total. The summed E-state index contributed by atoms with van der Waals surface area (Å²) in [6.07, 6.45) is 3.83. The van der Waals surface area contributed by atoms with Crippen LogP contribution in [0.2, 0.25) is 0 Å². The zero-order chi connectivity index (χ0) is 28.8. The van der Waals surface area contributed by atoms with E-state index < -0.39 is 4.08 Å². The largest absolute Gasteiger partial charge is 0.497 e. The Balaban J connectivity index is 1.15. The molecule has 5 rings (SSSR count). The van der Waals surface area contributed by atoms with Gasteiger partial charge in [0.05, 0.1) is 19.4 Å². The SMILES string of the molecule is COc1ccc(OCCCCN(C)CCOc2ccc3c(c2)OOC3)c(C2(SC)Sc3ccccc3N(C)C2=O)c1. The fourth-order valence-electron chi connectivity index (χ4n) is 4.85. The van der Waals surface area contributed by atoms with Gasteiger partial charge in [-0.2, -0.15) is 4.89 Å². The summed E-state index contributed by atoms with van der Waals surface area (Å²) in [5.74, 6) is 2.91. The van der Waals surface area contributed by atoms with E-state index in [2.05, 4.69) is 18.0 Å². The van der Waals surface area contributed by atoms with Crippen LogP contribution in [0.4, 0.5) is 5.69 Å². The molecule has 1 atom stereocenters. The van der Waals surface area contributed by atoms with Crippen molar-refractivity contribution in [3.8, 4) is 23.0 Å². The number of carbonyl (C=O) groups is 1. The molecular formula is C31H36N2O6S2. The number of carbonyl (C=O) groups excluding carboxylic acids is 1. The molecule has 1 amide bonds. The first-order valence-electron chi connectivity index (χ1n) is 13.6. The number of fused-ring (bicyclic) bond motifs is 2. The van der Waals surface area contributed by atoms with Gasteiger partial charge in [0, 0.05) is 35.7 Å². The van der Waals surface area contributed by atoms with Crippen LogP contribution in [0.15, 0.2) is 65.6 Å². The predicted molar refractivity (Wildman–Crippen MR) is 163 cm³/mol. The van der Waals surface area contributed by atoms with Crippen molar-refractivity contribution in [1.29, 1.82) is 0 Å². The summed E-state index contributed by atoms with van der Waals surface area (Å²) in [5, 5.41) is 0. The van der Waals surface area contributed by atoms with E-state index in [1.54, 1.807) is 23.8 Å². The van der Waals surface area contributed by atoms with Crippen molar-refractivity contribution in [2.24, 2.45) is 0 Å². The van der Waals surface area contributed by atoms with Gasteiger partial charge in [0.2, 0.25) is 0 Å². The fraction of sp³-hybridized carbons (Fsp3) is 0.387. The van der Waals surface area contributed by atoms with Gasteiger partial charge in [0.15, 0.2) is 9.83 Å². The molecule has 0 aliphatic carbocycles. The van der Waals surface area contributed by atoms with Gasteiger partial charge in [-0.3, -0.25) is 4.79 Å². The van der Waals surface area contributed by atoms with Crippen molar-refractivity contribution in [3.63, 3.8) is 0 Å². The molecule has 0 spiro atoms. The number of hydrogen-bond acceptors (Lipinski definition) is 9. The molecule has 0 fully saturated rings. The number of para-hydroxylation sites is 1. The number of unbranched alkanes of at least 4 members (excludes halogenated alkanes) is 1. The highest BCUT2D eigenvalue weighted by atomic mass is 32.2. The molecule has 2 aliphatic heterocycles. The lowest BCUT2D eigenvalue weighted by Crippen LogP contribution is -2.44. The number of hydrogen-bond donors (Lipinski definition) is 0. The van der Waals surface area contributed by atoms with Crippen molar-refractivity contribution < 1.29 is 28.8 Å². The molecule has 2 heterocycles. The Bertz CT molecular complexity index is 1370. The highest BCUT2D eigenvalue weighted by molar-refractivity contribution is 8.18. The van der Waals surface area contributed by atoms with Gasteiger partial charge < -0.3 is 28.9 Å². The molecule has 3 aromatic rings. The topological polar surface area (TPSA) is 69.7 Å². The summed E-state index contributed by atoms with van der Waals surface area (Å²) in [6.45, 7) is 3.35. The molecule has 0 saturated carbocycles. The molecule has 0 bridgehead atoms. The molecule has 10 heteroatoms. The fourth-order valence-corrected chi connectivity index (χ4v) is 7.41. The number of anilines is 1. The first-order chi connectivity index (χ1) is 19.9. The minimum absolute atomic E-state index is 0.0106. The number of ether oxygens (including phenoxy) is 3. The summed E-state index contributed by atoms with van der Waals surface area (Å²) in [4.78, 5) is 29.0. The van der Waals surface area contributed by atoms with Crippen LogP contribution < -0.4 is 24.0 Å². The van der Waals surface area contributed by atoms with Crippen LogP contribution in [0.1, 0.15) is 24.0 Å². The molecule has 41 heavy (non-hydrogen) atoms. The Morgan fingerprint density at radius 2 is 1.85 bits per heavy atom. The van der Waals surface area contributed by atoms with Crippen molar-refractivity contribution in [1.82, 2.24) is 4.90 Å². The number of thioether (sulfide) groups is 2. The van der Waals surface area contributed by atoms with Gasteiger partial charge in [0.1, 0.15) is 30.5 Å². The maximum Gasteiger partial charge on any atom is 0.258 e. The second-order valence-corrected chi connectivity index (χ2v) is 12.5. The molecule has 1 unspecified atom stereocenters. The number of rotatable bonds is 13. The summed E-state index contributed by atoms with van der Waals surface area (Å²) in [7, 11) is 5.57. The van der Waals surface area contributed by atoms with Crippen LogP contribution in [-0.2, 0) is 20.4 Å². The number of amides is 1. The van der Waals surface area contributed by atoms with E-state index in [-0.39, 0.29) is 5.91 Å². The van der Waals surface area contributed by atoms with E-state index in [0.717, 1.165) is 59.1 Å². The van der Waals surface area contributed by atoms with E-state index in [1.165, 1.54) is 11.8 Å². The third-order valence-corrected chi connectivity index (χ3v) is 10.2. The highest BCUT2D eigenvalue weighted by Gasteiger charge is 2.49. The van der Waals surface area contributed by atoms with Crippen LogP contribution in [0.5, 0.6) is 23.0 Å². The van der Waals surface area contributed by atoms with Crippen molar-refractivity contribution >= 4 is 35.1 Å². The average Bonchev–Trinajstić information content (AvgIpc) is 3.47. The maximum atomic E-state index is 13.8. The lowest BCUT2D eigenvalue weighted by molar-refractivity contribution is -0.194. The average molecular weight is 597 g/mol. The van der Waals surface area contributed by atoms with Crippen LogP contribution in [-0.4, -0.2) is 64.6 Å². The summed E-state index contributed by atoms with van der Waals surface area (Å²) in [5.41, 5.74) is 2.77. The number of methoxy groups -OCH3 is 1. The van der Waals surface area contributed by atoms with Crippen LogP contribution >= 0.6 is 23.5 Å². The van der Waals surface area contributed by atoms with Crippen molar-refractivity contribution in [2.75, 3.05) is 58.7 Å². The third-order valence-electron chi connectivity index (χ3n) is 7.23. The first kappa shape index (κ1) is 29.4. The second kappa shape index (κ2) is 13.3. The number of benzene rings is 3. The highest BCUT2D eigenvalue weighted by Crippen LogP contribution is 2.58. The zero-order valence-corrected chi connectivity index (χ0v) is 25.5. The third kappa shape index (κ3) is 6.40. The number of likely N-dealkylation sites (N-methyl/N-ethyl adjacent to an activating group) is 2. The Morgan fingerprint density at radius 1 is 1.02 bits per heavy atom. The quantitative estimate of drug-likeness (QED) is 0.175. The standard InChI is InChI=1S/C31H36N2O6S2/c1-32(16-18-36-24-12-11-22-21-38-39-28(22)20-24)15-7-8-17-37-27-14-13-23(35-3)19-25(27)31(40-4)30(34)33(2)26-9-5-6-10-29(26)41-31/h5-6,9-14,19-20H,7-8,15-18,21H2,1-4H3. The van der Waals surface area contributed by atoms with E-state index >= 15 is 0 Å². The molecule has 0 saturated heterocycles. The van der Waals surface area contributed by atoms with E-state index in [1.807, 2.05) is 67.9 Å². The molecule has 2 aliphatic rings. The van der Waals surface area contributed by atoms with Crippen molar-refractivity contribution in [3.05, 3.63) is 71.8 Å². The minimum Gasteiger partial charge on any atom is -0.497 e. The zero-order valence-electron chi connectivity index (χ0n) is 23.9. The van der Waals surface area contributed by atoms with Gasteiger partial charge in [-0.25, -0.2) is 0 Å². The van der Waals surface area contributed by atoms with Gasteiger partial charge >= 0.3 is 0 Å². The van der Waals surface area contributed by atoms with E-state index in [9.17, 15) is 4.79 Å². The predicted octanol–water partition coefficient (Wildman–Crippen LogP) is 5.97. The maximum absolute atomic E-state index is 13.8. The molecular weight excluding hydrogens is 560 g/mol. The van der Waals surface area contributed by atoms with Crippen LogP contribution in [0.3, 0.4) is 0 Å². The summed E-state index contributed by atoms with van der Waals surface area (Å²) >= 11 is 3.09. The molecule has 0 N–H and O–H groups in total. The normalized spacial score (nSPS) is 17.7. The van der Waals surface area contributed by atoms with E-state index in [4.69, 9.17) is 24.0 Å². The van der Waals surface area contributed by atoms with Crippen LogP contribution in [0.25, 0.3) is 0 Å². The smallest absolute Gasteiger partial charge is 0.258 e. The van der Waals surface area contributed by atoms with Gasteiger partial charge in [-0.05, 0) is 75.2 Å². The lowest BCUT2D eigenvalue weighted by atomic mass is 10.1. The van der Waals surface area contributed by atoms with Gasteiger partial charge in [-0.1, -0.05) is 23.9 Å². The molecule has 0 radical (unpaired) electrons. The lowest BCUT2D eigenvalue weighted by Gasteiger charge is -2.40. The van der Waals surface area contributed by atoms with Gasteiger partial charge in [0.25, 0.3) is 5.91 Å². The monoisotopic (exact) mass is 596 g/mol. The van der Waals surface area contributed by atoms with E-state index in [0.29, 0.717) is 31.3 Å². The molecule has 0 aromatic heterocycles. The minimum atomic E-state index is -0.884. The van der Waals surface area contributed by atoms with Gasteiger partial charge in [-0.15, -0.1) is 11.8 Å². The Morgan fingerprint density at radius 3 is 2.68 bits per heavy atom. The van der Waals surface area contributed by atoms with Crippen LogP contribution in [0, 0.1) is 0 Å². The Hall–Kier alpha value is -3.05. The number of nitrogens with zero attached hydrogens (tertiary/aromatic N) is 2. The summed E-state index contributed by atoms with van der Waals surface area (Å²) in [6, 6.07) is 19.5. The summed E-state index contributed by atoms with van der Waals surface area (Å²) < 4.78 is 16.9. The first-order valence-corrected chi connectivity index (χ1v) is 15.7.